The lowest BCUT2D eigenvalue weighted by molar-refractivity contribution is 0.00578. The summed E-state index contributed by atoms with van der Waals surface area (Å²) in [6, 6.07) is 0. The van der Waals surface area contributed by atoms with Crippen molar-refractivity contribution in [3.63, 3.8) is 0 Å². The van der Waals surface area contributed by atoms with Crippen molar-refractivity contribution in [2.24, 2.45) is 0 Å². The molecule has 0 atom stereocenters. The van der Waals surface area contributed by atoms with Gasteiger partial charge >= 0.3 is 7.12 Å². The van der Waals surface area contributed by atoms with Gasteiger partial charge in [-0.25, -0.2) is 0 Å². The number of hydrogen-bond acceptors (Lipinski definition) is 4. The van der Waals surface area contributed by atoms with E-state index in [0.29, 0.717) is 22.9 Å². The molecule has 0 saturated carbocycles. The van der Waals surface area contributed by atoms with Crippen LogP contribution in [-0.2, 0) is 15.9 Å². The number of hydrogen-bond donors (Lipinski definition) is 1. The molecule has 22 heavy (non-hydrogen) atoms. The molecule has 3 heterocycles. The monoisotopic (exact) mass is 325 g/mol. The maximum absolute atomic E-state index is 12.3. The van der Waals surface area contributed by atoms with E-state index in [1.807, 2.05) is 41.5 Å². The molecular formula is C14H21BClN3O3. The number of nitrogens with one attached hydrogen (secondary N) is 1. The van der Waals surface area contributed by atoms with Crippen molar-refractivity contribution >= 4 is 30.2 Å². The number of rotatable bonds is 1. The van der Waals surface area contributed by atoms with Gasteiger partial charge in [-0.3, -0.25) is 9.48 Å². The zero-order chi connectivity index (χ0) is 16.5. The second-order valence-corrected chi connectivity index (χ2v) is 8.01. The number of fused-ring (bicyclic) bond motifs is 1. The Morgan fingerprint density at radius 1 is 1.18 bits per heavy atom. The van der Waals surface area contributed by atoms with Gasteiger partial charge in [-0.15, -0.1) is 0 Å². The summed E-state index contributed by atoms with van der Waals surface area (Å²) in [6.45, 7) is 12.3. The van der Waals surface area contributed by atoms with E-state index in [1.165, 1.54) is 0 Å². The summed E-state index contributed by atoms with van der Waals surface area (Å²) >= 11 is 6.39. The van der Waals surface area contributed by atoms with Gasteiger partial charge in [-0.2, -0.15) is 5.10 Å². The Morgan fingerprint density at radius 2 is 1.73 bits per heavy atom. The highest BCUT2D eigenvalue weighted by Gasteiger charge is 2.54. The van der Waals surface area contributed by atoms with E-state index in [9.17, 15) is 4.79 Å². The molecule has 1 aromatic rings. The summed E-state index contributed by atoms with van der Waals surface area (Å²) in [5, 5.41) is 7.70. The molecule has 2 aliphatic heterocycles. The molecule has 2 aliphatic rings. The molecule has 0 spiro atoms. The number of aromatic nitrogens is 2. The van der Waals surface area contributed by atoms with E-state index in [4.69, 9.17) is 20.9 Å². The van der Waals surface area contributed by atoms with E-state index >= 15 is 0 Å². The van der Waals surface area contributed by atoms with Crippen LogP contribution in [0.2, 0.25) is 5.02 Å². The largest absolute Gasteiger partial charge is 0.518 e. The minimum Gasteiger partial charge on any atom is -0.398 e. The molecule has 3 rings (SSSR count). The van der Waals surface area contributed by atoms with Crippen LogP contribution in [0, 0.1) is 0 Å². The minimum absolute atomic E-state index is 0.225. The van der Waals surface area contributed by atoms with Gasteiger partial charge in [0.25, 0.3) is 5.91 Å². The Balaban J connectivity index is 2.00. The Morgan fingerprint density at radius 3 is 2.27 bits per heavy atom. The second kappa shape index (κ2) is 4.49. The van der Waals surface area contributed by atoms with Gasteiger partial charge in [0.15, 0.2) is 0 Å². The van der Waals surface area contributed by atoms with Gasteiger partial charge in [0, 0.05) is 0 Å². The lowest BCUT2D eigenvalue weighted by atomic mass is 9.84. The van der Waals surface area contributed by atoms with Gasteiger partial charge in [0.05, 0.1) is 28.3 Å². The van der Waals surface area contributed by atoms with E-state index in [2.05, 4.69) is 10.4 Å². The number of halogens is 1. The zero-order valence-corrected chi connectivity index (χ0v) is 14.5. The van der Waals surface area contributed by atoms with Crippen LogP contribution in [0.4, 0.5) is 0 Å². The third-order valence-electron chi connectivity index (χ3n) is 4.61. The smallest absolute Gasteiger partial charge is 0.398 e. The van der Waals surface area contributed by atoms with Crippen molar-refractivity contribution in [1.29, 1.82) is 0 Å². The Labute approximate surface area is 135 Å². The van der Waals surface area contributed by atoms with Crippen molar-refractivity contribution < 1.29 is 14.1 Å². The summed E-state index contributed by atoms with van der Waals surface area (Å²) in [7, 11) is -0.675. The Hall–Kier alpha value is -1.05. The van der Waals surface area contributed by atoms with Crippen molar-refractivity contribution in [3.05, 3.63) is 10.7 Å². The maximum atomic E-state index is 12.3. The first-order chi connectivity index (χ1) is 9.94. The molecule has 0 unspecified atom stereocenters. The third-order valence-corrected chi connectivity index (χ3v) is 4.98. The predicted molar refractivity (Wildman–Crippen MR) is 84.5 cm³/mol. The Kier molecular flexibility index (Phi) is 3.23. The average Bonchev–Trinajstić information content (AvgIpc) is 2.72. The first-order valence-corrected chi connectivity index (χ1v) is 7.76. The first kappa shape index (κ1) is 15.8. The van der Waals surface area contributed by atoms with Crippen molar-refractivity contribution in [3.8, 4) is 0 Å². The predicted octanol–water partition coefficient (Wildman–Crippen LogP) is 1.36. The second-order valence-electron chi connectivity index (χ2n) is 7.63. The lowest BCUT2D eigenvalue weighted by Crippen LogP contribution is -2.51. The molecule has 1 saturated heterocycles. The van der Waals surface area contributed by atoms with E-state index in [1.54, 1.807) is 4.68 Å². The molecule has 0 aromatic carbocycles. The van der Waals surface area contributed by atoms with Crippen molar-refractivity contribution in [1.82, 2.24) is 15.1 Å². The fourth-order valence-corrected chi connectivity index (χ4v) is 2.99. The normalized spacial score (nSPS) is 25.0. The van der Waals surface area contributed by atoms with E-state index in [-0.39, 0.29) is 11.4 Å². The van der Waals surface area contributed by atoms with Crippen LogP contribution < -0.4 is 10.9 Å². The quantitative estimate of drug-likeness (QED) is 0.792. The number of carbonyl (C=O) groups excluding carboxylic acids is 1. The molecule has 1 amide bonds. The standard InChI is InChI=1S/C14H21BClN3O3/c1-12(2)7-19-9(11(20)17-12)8(16)10(18-19)15-21-13(3,4)14(5,6)22-15/h7H2,1-6H3,(H,17,20). The Bertz CT molecular complexity index is 638. The summed E-state index contributed by atoms with van der Waals surface area (Å²) in [4.78, 5) is 12.3. The zero-order valence-electron chi connectivity index (χ0n) is 13.8. The van der Waals surface area contributed by atoms with Gasteiger partial charge in [0.2, 0.25) is 0 Å². The van der Waals surface area contributed by atoms with Crippen LogP contribution in [0.1, 0.15) is 52.0 Å². The topological polar surface area (TPSA) is 65.4 Å². The van der Waals surface area contributed by atoms with E-state index < -0.39 is 18.3 Å². The molecule has 0 bridgehead atoms. The average molecular weight is 326 g/mol. The molecule has 8 heteroatoms. The van der Waals surface area contributed by atoms with Crippen LogP contribution in [0.5, 0.6) is 0 Å². The van der Waals surface area contributed by atoms with Gasteiger partial charge in [-0.05, 0) is 41.5 Å². The van der Waals surface area contributed by atoms with Crippen molar-refractivity contribution in [2.45, 2.75) is 64.8 Å². The van der Waals surface area contributed by atoms with Crippen LogP contribution in [0.25, 0.3) is 0 Å². The summed E-state index contributed by atoms with van der Waals surface area (Å²) < 4.78 is 13.6. The molecule has 1 aromatic heterocycles. The number of amides is 1. The van der Waals surface area contributed by atoms with Crippen molar-refractivity contribution in [2.75, 3.05) is 0 Å². The highest BCUT2D eigenvalue weighted by molar-refractivity contribution is 6.65. The molecule has 120 valence electrons. The molecule has 0 aliphatic carbocycles. The molecule has 1 fully saturated rings. The molecule has 1 N–H and O–H groups in total. The summed E-state index contributed by atoms with van der Waals surface area (Å²) in [5.74, 6) is -0.225. The first-order valence-electron chi connectivity index (χ1n) is 7.38. The molecule has 6 nitrogen and oxygen atoms in total. The van der Waals surface area contributed by atoms with Crippen LogP contribution >= 0.6 is 11.6 Å². The molecule has 0 radical (unpaired) electrons. The van der Waals surface area contributed by atoms with Crippen LogP contribution in [-0.4, -0.2) is 39.5 Å². The summed E-state index contributed by atoms with van der Waals surface area (Å²) in [5.41, 5.74) is -0.500. The van der Waals surface area contributed by atoms with Crippen LogP contribution in [0.15, 0.2) is 0 Å². The van der Waals surface area contributed by atoms with Gasteiger partial charge in [0.1, 0.15) is 11.3 Å². The molecular weight excluding hydrogens is 304 g/mol. The SMILES string of the molecule is CC1(C)Cn2nc(B3OC(C)(C)C(C)(C)O3)c(Cl)c2C(=O)N1. The fraction of sp³-hybridized carbons (Fsp3) is 0.714. The highest BCUT2D eigenvalue weighted by Crippen LogP contribution is 2.37. The maximum Gasteiger partial charge on any atom is 0.518 e. The number of carbonyl (C=O) groups is 1. The fourth-order valence-electron chi connectivity index (χ4n) is 2.68. The number of nitrogens with zero attached hydrogens (tertiary/aromatic N) is 2. The third kappa shape index (κ3) is 2.26. The summed E-state index contributed by atoms with van der Waals surface area (Å²) in [6.07, 6.45) is 0. The minimum atomic E-state index is -0.675. The highest BCUT2D eigenvalue weighted by atomic mass is 35.5. The van der Waals surface area contributed by atoms with Gasteiger partial charge < -0.3 is 14.6 Å². The lowest BCUT2D eigenvalue weighted by Gasteiger charge is -2.32. The van der Waals surface area contributed by atoms with E-state index in [0.717, 1.165) is 0 Å². The van der Waals surface area contributed by atoms with Gasteiger partial charge in [-0.1, -0.05) is 11.6 Å². The van der Waals surface area contributed by atoms with Crippen LogP contribution in [0.3, 0.4) is 0 Å².